The van der Waals surface area contributed by atoms with Gasteiger partial charge < -0.3 is 9.90 Å². The predicted octanol–water partition coefficient (Wildman–Crippen LogP) is 0.483. The molecule has 0 radical (unpaired) electrons. The number of hydrogen-bond donors (Lipinski definition) is 0. The zero-order chi connectivity index (χ0) is 7.28. The molecule has 9 heavy (non-hydrogen) atoms. The largest absolute Gasteiger partial charge is 0.550 e. The van der Waals surface area contributed by atoms with Crippen LogP contribution in [0.4, 0.5) is 0 Å². The first-order valence-corrected chi connectivity index (χ1v) is 3.03. The Kier molecular flexibility index (Phi) is 3.76. The fourth-order valence-electron chi connectivity index (χ4n) is 0.646. The molecule has 0 amide bonds. The lowest BCUT2D eigenvalue weighted by atomic mass is 10.1. The number of carboxylic acids is 1. The van der Waals surface area contributed by atoms with E-state index in [2.05, 4.69) is 6.58 Å². The van der Waals surface area contributed by atoms with Gasteiger partial charge in [0.2, 0.25) is 0 Å². The Labute approximate surface area is 55.2 Å². The highest BCUT2D eigenvalue weighted by Gasteiger charge is 1.91. The molecule has 0 rings (SSSR count). The van der Waals surface area contributed by atoms with E-state index in [1.54, 1.807) is 0 Å². The van der Waals surface area contributed by atoms with Crippen LogP contribution in [0.15, 0.2) is 12.2 Å². The second kappa shape index (κ2) is 4.13. The molecular formula is C7H11O2-. The molecule has 0 saturated heterocycles. The van der Waals surface area contributed by atoms with E-state index in [0.29, 0.717) is 0 Å². The third kappa shape index (κ3) is 5.07. The lowest BCUT2D eigenvalue weighted by molar-refractivity contribution is -0.304. The Morgan fingerprint density at radius 1 is 1.67 bits per heavy atom. The van der Waals surface area contributed by atoms with E-state index in [1.165, 1.54) is 0 Å². The summed E-state index contributed by atoms with van der Waals surface area (Å²) in [6.07, 6.45) is 1.74. The van der Waals surface area contributed by atoms with Crippen LogP contribution in [0.5, 0.6) is 0 Å². The molecule has 0 atom stereocenters. The average molecular weight is 127 g/mol. The highest BCUT2D eigenvalue weighted by atomic mass is 16.4. The molecule has 0 aromatic heterocycles. The summed E-state index contributed by atoms with van der Waals surface area (Å²) in [5.41, 5.74) is 0.748. The minimum Gasteiger partial charge on any atom is -0.550 e. The molecule has 0 aliphatic rings. The summed E-state index contributed by atoms with van der Waals surface area (Å²) in [6.45, 7) is 5.55. The van der Waals surface area contributed by atoms with Gasteiger partial charge in [0.25, 0.3) is 0 Å². The summed E-state index contributed by atoms with van der Waals surface area (Å²) in [6, 6.07) is 0. The smallest absolute Gasteiger partial charge is 0.0454 e. The van der Waals surface area contributed by atoms with Gasteiger partial charge in [0, 0.05) is 12.4 Å². The quantitative estimate of drug-likeness (QED) is 0.515. The van der Waals surface area contributed by atoms with Crippen molar-refractivity contribution in [3.63, 3.8) is 0 Å². The van der Waals surface area contributed by atoms with Crippen molar-refractivity contribution in [2.24, 2.45) is 0 Å². The molecule has 0 fully saturated rings. The molecule has 0 spiro atoms. The third-order valence-electron chi connectivity index (χ3n) is 0.998. The van der Waals surface area contributed by atoms with Crippen LogP contribution in [0.1, 0.15) is 26.2 Å². The minimum absolute atomic E-state index is 0.00778. The van der Waals surface area contributed by atoms with E-state index in [-0.39, 0.29) is 6.42 Å². The molecule has 0 heterocycles. The summed E-state index contributed by atoms with van der Waals surface area (Å²) < 4.78 is 0. The highest BCUT2D eigenvalue weighted by molar-refractivity contribution is 5.67. The molecule has 0 aromatic rings. The molecule has 52 valence electrons. The standard InChI is InChI=1S/C7H12O2/c1-3-4-6(2)5-7(8)9/h2-5H2,1H3,(H,8,9)/p-1. The normalized spacial score (nSPS) is 9.00. The molecule has 0 aromatic carbocycles. The maximum atomic E-state index is 9.91. The van der Waals surface area contributed by atoms with E-state index in [1.807, 2.05) is 6.92 Å². The molecule has 2 nitrogen and oxygen atoms in total. The first kappa shape index (κ1) is 8.21. The van der Waals surface area contributed by atoms with Gasteiger partial charge in [-0.1, -0.05) is 25.5 Å². The Morgan fingerprint density at radius 2 is 2.22 bits per heavy atom. The lowest BCUT2D eigenvalue weighted by Gasteiger charge is -2.02. The van der Waals surface area contributed by atoms with Crippen LogP contribution in [-0.4, -0.2) is 5.97 Å². The van der Waals surface area contributed by atoms with Crippen LogP contribution in [0.3, 0.4) is 0 Å². The fourth-order valence-corrected chi connectivity index (χ4v) is 0.646. The second-order valence-corrected chi connectivity index (χ2v) is 2.05. The Balaban J connectivity index is 3.39. The number of hydrogen-bond acceptors (Lipinski definition) is 2. The molecule has 0 saturated carbocycles. The summed E-state index contributed by atoms with van der Waals surface area (Å²) in [5.74, 6) is -1.03. The van der Waals surface area contributed by atoms with E-state index < -0.39 is 5.97 Å². The maximum absolute atomic E-state index is 9.91. The van der Waals surface area contributed by atoms with Gasteiger partial charge >= 0.3 is 0 Å². The molecule has 2 heteroatoms. The number of carbonyl (C=O) groups excluding carboxylic acids is 1. The second-order valence-electron chi connectivity index (χ2n) is 2.05. The highest BCUT2D eigenvalue weighted by Crippen LogP contribution is 2.04. The van der Waals surface area contributed by atoms with Crippen molar-refractivity contribution >= 4 is 5.97 Å². The van der Waals surface area contributed by atoms with E-state index >= 15 is 0 Å². The molecule has 0 unspecified atom stereocenters. The average Bonchev–Trinajstić information content (AvgIpc) is 1.63. The van der Waals surface area contributed by atoms with Crippen molar-refractivity contribution in [1.82, 2.24) is 0 Å². The maximum Gasteiger partial charge on any atom is 0.0454 e. The van der Waals surface area contributed by atoms with Crippen molar-refractivity contribution < 1.29 is 9.90 Å². The summed E-state index contributed by atoms with van der Waals surface area (Å²) >= 11 is 0. The summed E-state index contributed by atoms with van der Waals surface area (Å²) in [5, 5.41) is 9.91. The van der Waals surface area contributed by atoms with E-state index in [0.717, 1.165) is 18.4 Å². The third-order valence-corrected chi connectivity index (χ3v) is 0.998. The van der Waals surface area contributed by atoms with Gasteiger partial charge in [0.1, 0.15) is 0 Å². The summed E-state index contributed by atoms with van der Waals surface area (Å²) in [7, 11) is 0. The number of carboxylic acid groups (broad SMARTS) is 1. The van der Waals surface area contributed by atoms with Gasteiger partial charge in [-0.25, -0.2) is 0 Å². The van der Waals surface area contributed by atoms with E-state index in [4.69, 9.17) is 0 Å². The Hall–Kier alpha value is -0.790. The molecule has 0 aliphatic heterocycles. The molecular weight excluding hydrogens is 116 g/mol. The van der Waals surface area contributed by atoms with Gasteiger partial charge in [0.05, 0.1) is 0 Å². The van der Waals surface area contributed by atoms with Crippen LogP contribution >= 0.6 is 0 Å². The fraction of sp³-hybridized carbons (Fsp3) is 0.571. The minimum atomic E-state index is -1.03. The number of rotatable bonds is 4. The predicted molar refractivity (Wildman–Crippen MR) is 33.7 cm³/mol. The van der Waals surface area contributed by atoms with Gasteiger partial charge in [-0.15, -0.1) is 0 Å². The lowest BCUT2D eigenvalue weighted by Crippen LogP contribution is -2.22. The van der Waals surface area contributed by atoms with Gasteiger partial charge in [-0.2, -0.15) is 0 Å². The SMILES string of the molecule is C=C(CCC)CC(=O)[O-]. The van der Waals surface area contributed by atoms with Crippen LogP contribution in [0, 0.1) is 0 Å². The van der Waals surface area contributed by atoms with Crippen LogP contribution in [0.25, 0.3) is 0 Å². The van der Waals surface area contributed by atoms with Crippen molar-refractivity contribution in [3.05, 3.63) is 12.2 Å². The van der Waals surface area contributed by atoms with Crippen molar-refractivity contribution in [1.29, 1.82) is 0 Å². The zero-order valence-corrected chi connectivity index (χ0v) is 5.64. The Bertz CT molecular complexity index is 116. The Morgan fingerprint density at radius 3 is 2.56 bits per heavy atom. The topological polar surface area (TPSA) is 40.1 Å². The first-order chi connectivity index (χ1) is 4.16. The van der Waals surface area contributed by atoms with Crippen molar-refractivity contribution in [2.75, 3.05) is 0 Å². The molecule has 0 aliphatic carbocycles. The number of carbonyl (C=O) groups is 1. The van der Waals surface area contributed by atoms with Gasteiger partial charge in [-0.3, -0.25) is 0 Å². The molecule has 0 bridgehead atoms. The zero-order valence-electron chi connectivity index (χ0n) is 5.64. The van der Waals surface area contributed by atoms with Gasteiger partial charge in [-0.05, 0) is 6.42 Å². The first-order valence-electron chi connectivity index (χ1n) is 3.03. The van der Waals surface area contributed by atoms with Crippen LogP contribution in [0.2, 0.25) is 0 Å². The van der Waals surface area contributed by atoms with E-state index in [9.17, 15) is 9.90 Å². The van der Waals surface area contributed by atoms with Crippen LogP contribution < -0.4 is 5.11 Å². The van der Waals surface area contributed by atoms with Crippen LogP contribution in [-0.2, 0) is 4.79 Å². The molecule has 0 N–H and O–H groups in total. The summed E-state index contributed by atoms with van der Waals surface area (Å²) in [4.78, 5) is 9.91. The van der Waals surface area contributed by atoms with Crippen molar-refractivity contribution in [2.45, 2.75) is 26.2 Å². The van der Waals surface area contributed by atoms with Crippen molar-refractivity contribution in [3.8, 4) is 0 Å². The number of aliphatic carboxylic acids is 1. The monoisotopic (exact) mass is 127 g/mol. The van der Waals surface area contributed by atoms with Gasteiger partial charge in [0.15, 0.2) is 0 Å².